The third kappa shape index (κ3) is 2.72. The van der Waals surface area contributed by atoms with E-state index in [0.717, 1.165) is 35.7 Å². The van der Waals surface area contributed by atoms with E-state index in [1.807, 2.05) is 7.05 Å². The Balaban J connectivity index is 2.03. The summed E-state index contributed by atoms with van der Waals surface area (Å²) in [5.74, 6) is 1.63. The van der Waals surface area contributed by atoms with Gasteiger partial charge < -0.3 is 5.32 Å². The summed E-state index contributed by atoms with van der Waals surface area (Å²) in [4.78, 5) is 8.47. The Hall–Kier alpha value is -1.65. The fraction of sp³-hybridized carbons (Fsp3) is 0.583. The fourth-order valence-electron chi connectivity index (χ4n) is 1.82. The first-order valence-corrected chi connectivity index (χ1v) is 6.05. The van der Waals surface area contributed by atoms with Gasteiger partial charge in [-0.15, -0.1) is 0 Å². The number of hydrogen-bond acceptors (Lipinski definition) is 4. The van der Waals surface area contributed by atoms with Crippen LogP contribution in [0.5, 0.6) is 0 Å². The molecule has 2 aromatic rings. The average Bonchev–Trinajstić information content (AvgIpc) is 2.67. The topological polar surface area (TPSA) is 55.6 Å². The maximum Gasteiger partial charge on any atom is 0.163 e. The third-order valence-corrected chi connectivity index (χ3v) is 2.78. The van der Waals surface area contributed by atoms with Gasteiger partial charge in [0.25, 0.3) is 0 Å². The Labute approximate surface area is 101 Å². The van der Waals surface area contributed by atoms with Crippen molar-refractivity contribution in [3.63, 3.8) is 0 Å². The van der Waals surface area contributed by atoms with Crippen LogP contribution in [0.4, 0.5) is 5.82 Å². The van der Waals surface area contributed by atoms with Gasteiger partial charge in [-0.2, -0.15) is 5.10 Å². The quantitative estimate of drug-likeness (QED) is 0.804. The molecule has 0 aliphatic heterocycles. The molecule has 2 heterocycles. The molecule has 92 valence electrons. The van der Waals surface area contributed by atoms with Gasteiger partial charge in [0.05, 0.1) is 11.6 Å². The van der Waals surface area contributed by atoms with E-state index in [-0.39, 0.29) is 0 Å². The molecule has 0 aliphatic carbocycles. The zero-order valence-electron chi connectivity index (χ0n) is 10.6. The minimum Gasteiger partial charge on any atom is -0.369 e. The minimum atomic E-state index is 0.751. The highest BCUT2D eigenvalue weighted by molar-refractivity contribution is 5.85. The molecule has 0 aliphatic rings. The lowest BCUT2D eigenvalue weighted by molar-refractivity contribution is 0.567. The van der Waals surface area contributed by atoms with Gasteiger partial charge in [-0.1, -0.05) is 13.8 Å². The van der Waals surface area contributed by atoms with Gasteiger partial charge in [-0.25, -0.2) is 9.97 Å². The second-order valence-electron chi connectivity index (χ2n) is 4.69. The molecule has 0 unspecified atom stereocenters. The predicted molar refractivity (Wildman–Crippen MR) is 68.9 cm³/mol. The summed E-state index contributed by atoms with van der Waals surface area (Å²) in [7, 11) is 1.89. The molecule has 1 N–H and O–H groups in total. The predicted octanol–water partition coefficient (Wildman–Crippen LogP) is 2.21. The molecule has 0 spiro atoms. The van der Waals surface area contributed by atoms with Crippen molar-refractivity contribution in [1.82, 2.24) is 19.7 Å². The Morgan fingerprint density at radius 3 is 2.94 bits per heavy atom. The Morgan fingerprint density at radius 2 is 2.18 bits per heavy atom. The summed E-state index contributed by atoms with van der Waals surface area (Å²) >= 11 is 0. The standard InChI is InChI=1S/C12H19N5/c1-9(2)5-4-6-13-11-10-7-16-17(3)12(10)15-8-14-11/h7-9H,4-6H2,1-3H3,(H,13,14,15). The molecule has 0 saturated heterocycles. The van der Waals surface area contributed by atoms with Crippen LogP contribution in [-0.2, 0) is 7.05 Å². The molecular formula is C12H19N5. The van der Waals surface area contributed by atoms with Crippen LogP contribution in [0.1, 0.15) is 26.7 Å². The van der Waals surface area contributed by atoms with Crippen LogP contribution >= 0.6 is 0 Å². The van der Waals surface area contributed by atoms with Gasteiger partial charge in [-0.05, 0) is 18.8 Å². The number of aromatic nitrogens is 4. The molecule has 17 heavy (non-hydrogen) atoms. The summed E-state index contributed by atoms with van der Waals surface area (Å²) in [6.45, 7) is 5.42. The molecule has 5 heteroatoms. The molecule has 2 rings (SSSR count). The first kappa shape index (κ1) is 11.8. The number of rotatable bonds is 5. The highest BCUT2D eigenvalue weighted by Crippen LogP contribution is 2.17. The largest absolute Gasteiger partial charge is 0.369 e. The van der Waals surface area contributed by atoms with Gasteiger partial charge in [-0.3, -0.25) is 4.68 Å². The lowest BCUT2D eigenvalue weighted by atomic mass is 10.1. The normalized spacial score (nSPS) is 11.3. The number of nitrogens with zero attached hydrogens (tertiary/aromatic N) is 4. The van der Waals surface area contributed by atoms with Crippen LogP contribution in [0.15, 0.2) is 12.5 Å². The van der Waals surface area contributed by atoms with Crippen LogP contribution in [0.2, 0.25) is 0 Å². The number of aryl methyl sites for hydroxylation is 1. The molecule has 0 radical (unpaired) electrons. The lowest BCUT2D eigenvalue weighted by Crippen LogP contribution is -2.05. The molecule has 0 aromatic carbocycles. The first-order chi connectivity index (χ1) is 8.18. The van der Waals surface area contributed by atoms with Crippen molar-refractivity contribution < 1.29 is 0 Å². The number of nitrogens with one attached hydrogen (secondary N) is 1. The second kappa shape index (κ2) is 5.12. The summed E-state index contributed by atoms with van der Waals surface area (Å²) in [5, 5.41) is 8.52. The zero-order valence-corrected chi connectivity index (χ0v) is 10.6. The van der Waals surface area contributed by atoms with Gasteiger partial charge in [0.1, 0.15) is 12.1 Å². The fourth-order valence-corrected chi connectivity index (χ4v) is 1.82. The number of hydrogen-bond donors (Lipinski definition) is 1. The van der Waals surface area contributed by atoms with E-state index in [2.05, 4.69) is 34.2 Å². The zero-order chi connectivity index (χ0) is 12.3. The van der Waals surface area contributed by atoms with Gasteiger partial charge in [0.15, 0.2) is 5.65 Å². The van der Waals surface area contributed by atoms with Crippen molar-refractivity contribution in [2.45, 2.75) is 26.7 Å². The van der Waals surface area contributed by atoms with E-state index in [1.165, 1.54) is 6.42 Å². The summed E-state index contributed by atoms with van der Waals surface area (Å²) in [6.07, 6.45) is 5.77. The minimum absolute atomic E-state index is 0.751. The average molecular weight is 233 g/mol. The SMILES string of the molecule is CC(C)CCCNc1ncnc2c1cnn2C. The molecule has 0 fully saturated rings. The Bertz CT molecular complexity index is 489. The van der Waals surface area contributed by atoms with E-state index < -0.39 is 0 Å². The van der Waals surface area contributed by atoms with Crippen molar-refractivity contribution in [1.29, 1.82) is 0 Å². The maximum atomic E-state index is 4.26. The van der Waals surface area contributed by atoms with Gasteiger partial charge >= 0.3 is 0 Å². The van der Waals surface area contributed by atoms with E-state index in [0.29, 0.717) is 0 Å². The van der Waals surface area contributed by atoms with Crippen molar-refractivity contribution in [2.24, 2.45) is 13.0 Å². The molecule has 2 aromatic heterocycles. The van der Waals surface area contributed by atoms with Crippen molar-refractivity contribution in [3.05, 3.63) is 12.5 Å². The molecule has 5 nitrogen and oxygen atoms in total. The molecular weight excluding hydrogens is 214 g/mol. The van der Waals surface area contributed by atoms with E-state index in [4.69, 9.17) is 0 Å². The lowest BCUT2D eigenvalue weighted by Gasteiger charge is -2.07. The number of anilines is 1. The van der Waals surface area contributed by atoms with Crippen molar-refractivity contribution in [2.75, 3.05) is 11.9 Å². The van der Waals surface area contributed by atoms with E-state index in [9.17, 15) is 0 Å². The van der Waals surface area contributed by atoms with Crippen LogP contribution in [0, 0.1) is 5.92 Å². The number of fused-ring (bicyclic) bond motifs is 1. The van der Waals surface area contributed by atoms with Crippen molar-refractivity contribution in [3.8, 4) is 0 Å². The Kier molecular flexibility index (Phi) is 3.56. The molecule has 0 saturated carbocycles. The highest BCUT2D eigenvalue weighted by atomic mass is 15.3. The molecule has 0 bridgehead atoms. The first-order valence-electron chi connectivity index (χ1n) is 6.05. The molecule has 0 amide bonds. The second-order valence-corrected chi connectivity index (χ2v) is 4.69. The molecule has 0 atom stereocenters. The monoisotopic (exact) mass is 233 g/mol. The van der Waals surface area contributed by atoms with Gasteiger partial charge in [0.2, 0.25) is 0 Å². The third-order valence-electron chi connectivity index (χ3n) is 2.78. The highest BCUT2D eigenvalue weighted by Gasteiger charge is 2.06. The maximum absolute atomic E-state index is 4.26. The summed E-state index contributed by atoms with van der Waals surface area (Å²) in [5.41, 5.74) is 0.867. The van der Waals surface area contributed by atoms with Gasteiger partial charge in [0, 0.05) is 13.6 Å². The van der Waals surface area contributed by atoms with Crippen LogP contribution < -0.4 is 5.32 Å². The smallest absolute Gasteiger partial charge is 0.163 e. The summed E-state index contributed by atoms with van der Waals surface area (Å²) in [6, 6.07) is 0. The van der Waals surface area contributed by atoms with E-state index in [1.54, 1.807) is 17.2 Å². The Morgan fingerprint density at radius 1 is 1.35 bits per heavy atom. The van der Waals surface area contributed by atoms with Crippen molar-refractivity contribution >= 4 is 16.9 Å². The van der Waals surface area contributed by atoms with Crippen LogP contribution in [-0.4, -0.2) is 26.3 Å². The van der Waals surface area contributed by atoms with Crippen LogP contribution in [0.3, 0.4) is 0 Å². The summed E-state index contributed by atoms with van der Waals surface area (Å²) < 4.78 is 1.76. The van der Waals surface area contributed by atoms with E-state index >= 15 is 0 Å². The van der Waals surface area contributed by atoms with Crippen LogP contribution in [0.25, 0.3) is 11.0 Å².